The molecule has 0 radical (unpaired) electrons. The van der Waals surface area contributed by atoms with E-state index in [1.54, 1.807) is 0 Å². The Balaban J connectivity index is 1.55. The SMILES string of the molecule is Cc1nn(CCCCCN)c2c1CN(c1ccnc3[nH]ncc13)CC2. The Morgan fingerprint density at radius 2 is 2.20 bits per heavy atom. The molecule has 0 atom stereocenters. The normalized spacial score (nSPS) is 14.2. The van der Waals surface area contributed by atoms with E-state index in [0.717, 1.165) is 62.2 Å². The molecular formula is C18H25N7. The maximum atomic E-state index is 5.59. The zero-order valence-corrected chi connectivity index (χ0v) is 14.7. The Labute approximate surface area is 147 Å². The molecule has 0 bridgehead atoms. The molecule has 3 aromatic heterocycles. The molecule has 0 aliphatic carbocycles. The number of pyridine rings is 1. The summed E-state index contributed by atoms with van der Waals surface area (Å²) in [6.07, 6.45) is 8.15. The first kappa shape index (κ1) is 16.1. The fraction of sp³-hybridized carbons (Fsp3) is 0.500. The van der Waals surface area contributed by atoms with Crippen molar-refractivity contribution in [1.82, 2.24) is 25.0 Å². The van der Waals surface area contributed by atoms with Gasteiger partial charge in [0.25, 0.3) is 0 Å². The summed E-state index contributed by atoms with van der Waals surface area (Å²) in [5.74, 6) is 0. The van der Waals surface area contributed by atoms with Crippen LogP contribution in [-0.4, -0.2) is 38.1 Å². The number of nitrogens with zero attached hydrogens (tertiary/aromatic N) is 5. The van der Waals surface area contributed by atoms with Crippen LogP contribution in [0.15, 0.2) is 18.5 Å². The van der Waals surface area contributed by atoms with Crippen molar-refractivity contribution in [2.24, 2.45) is 5.73 Å². The van der Waals surface area contributed by atoms with Gasteiger partial charge in [-0.1, -0.05) is 6.42 Å². The molecule has 0 saturated heterocycles. The number of aromatic amines is 1. The lowest BCUT2D eigenvalue weighted by atomic mass is 10.0. The van der Waals surface area contributed by atoms with Crippen molar-refractivity contribution in [2.75, 3.05) is 18.0 Å². The van der Waals surface area contributed by atoms with Gasteiger partial charge in [-0.25, -0.2) is 4.98 Å². The van der Waals surface area contributed by atoms with Crippen LogP contribution in [0.25, 0.3) is 11.0 Å². The van der Waals surface area contributed by atoms with Crippen molar-refractivity contribution < 1.29 is 0 Å². The zero-order chi connectivity index (χ0) is 17.2. The Bertz CT molecular complexity index is 864. The molecule has 132 valence electrons. The molecule has 0 aromatic carbocycles. The summed E-state index contributed by atoms with van der Waals surface area (Å²) < 4.78 is 2.22. The molecule has 0 amide bonds. The van der Waals surface area contributed by atoms with E-state index >= 15 is 0 Å². The Kier molecular flexibility index (Phi) is 4.40. The van der Waals surface area contributed by atoms with Gasteiger partial charge in [0, 0.05) is 43.5 Å². The number of hydrogen-bond donors (Lipinski definition) is 2. The predicted molar refractivity (Wildman–Crippen MR) is 98.5 cm³/mol. The summed E-state index contributed by atoms with van der Waals surface area (Å²) in [5.41, 5.74) is 11.5. The number of nitrogens with two attached hydrogens (primary N) is 1. The number of nitrogens with one attached hydrogen (secondary N) is 1. The third-order valence-electron chi connectivity index (χ3n) is 5.08. The number of fused-ring (bicyclic) bond motifs is 2. The second-order valence-electron chi connectivity index (χ2n) is 6.72. The molecule has 4 heterocycles. The Morgan fingerprint density at radius 3 is 3.08 bits per heavy atom. The number of rotatable bonds is 6. The van der Waals surface area contributed by atoms with Crippen LogP contribution in [0.1, 0.15) is 36.2 Å². The quantitative estimate of drug-likeness (QED) is 0.672. The molecule has 25 heavy (non-hydrogen) atoms. The van der Waals surface area contributed by atoms with E-state index in [1.165, 1.54) is 23.4 Å². The summed E-state index contributed by atoms with van der Waals surface area (Å²) in [7, 11) is 0. The van der Waals surface area contributed by atoms with E-state index in [9.17, 15) is 0 Å². The first-order valence-corrected chi connectivity index (χ1v) is 9.06. The standard InChI is InChI=1S/C18H25N7/c1-13-15-12-24(16-5-8-20-18-14(16)11-21-22-18)10-6-17(15)25(23-13)9-4-2-3-7-19/h5,8,11H,2-4,6-7,9-10,12,19H2,1H3,(H,20,21,22). The van der Waals surface area contributed by atoms with Crippen molar-refractivity contribution in [1.29, 1.82) is 0 Å². The van der Waals surface area contributed by atoms with Crippen molar-refractivity contribution >= 4 is 16.7 Å². The van der Waals surface area contributed by atoms with Gasteiger partial charge in [0.2, 0.25) is 0 Å². The Morgan fingerprint density at radius 1 is 1.28 bits per heavy atom. The average Bonchev–Trinajstić information content (AvgIpc) is 3.23. The number of unbranched alkanes of at least 4 members (excludes halogenated alkanes) is 2. The number of aryl methyl sites for hydroxylation is 2. The summed E-state index contributed by atoms with van der Waals surface area (Å²) in [6.45, 7) is 5.79. The van der Waals surface area contributed by atoms with Crippen molar-refractivity contribution in [3.05, 3.63) is 35.4 Å². The van der Waals surface area contributed by atoms with Gasteiger partial charge in [-0.15, -0.1) is 0 Å². The number of anilines is 1. The van der Waals surface area contributed by atoms with Gasteiger partial charge in [0.1, 0.15) is 0 Å². The molecule has 4 rings (SSSR count). The maximum absolute atomic E-state index is 5.59. The van der Waals surface area contributed by atoms with Crippen LogP contribution in [0.5, 0.6) is 0 Å². The largest absolute Gasteiger partial charge is 0.366 e. The second-order valence-corrected chi connectivity index (χ2v) is 6.72. The molecule has 0 spiro atoms. The highest BCUT2D eigenvalue weighted by Gasteiger charge is 2.24. The zero-order valence-electron chi connectivity index (χ0n) is 14.7. The van der Waals surface area contributed by atoms with Crippen molar-refractivity contribution in [3.63, 3.8) is 0 Å². The van der Waals surface area contributed by atoms with E-state index < -0.39 is 0 Å². The van der Waals surface area contributed by atoms with Gasteiger partial charge in [-0.3, -0.25) is 9.78 Å². The van der Waals surface area contributed by atoms with Crippen molar-refractivity contribution in [3.8, 4) is 0 Å². The maximum Gasteiger partial charge on any atom is 0.157 e. The summed E-state index contributed by atoms with van der Waals surface area (Å²) >= 11 is 0. The minimum Gasteiger partial charge on any atom is -0.366 e. The highest BCUT2D eigenvalue weighted by Crippen LogP contribution is 2.30. The van der Waals surface area contributed by atoms with Crippen LogP contribution < -0.4 is 10.6 Å². The number of H-pyrrole nitrogens is 1. The molecule has 3 aromatic rings. The van der Waals surface area contributed by atoms with Gasteiger partial charge in [0.15, 0.2) is 5.65 Å². The predicted octanol–water partition coefficient (Wildman–Crippen LogP) is 2.15. The van der Waals surface area contributed by atoms with Crippen LogP contribution in [-0.2, 0) is 19.5 Å². The molecule has 7 nitrogen and oxygen atoms in total. The highest BCUT2D eigenvalue weighted by atomic mass is 15.3. The fourth-order valence-electron chi connectivity index (χ4n) is 3.75. The number of aromatic nitrogens is 5. The summed E-state index contributed by atoms with van der Waals surface area (Å²) in [4.78, 5) is 6.75. The van der Waals surface area contributed by atoms with Gasteiger partial charge in [-0.05, 0) is 32.4 Å². The Hall–Kier alpha value is -2.41. The lowest BCUT2D eigenvalue weighted by Crippen LogP contribution is -2.31. The molecule has 0 fully saturated rings. The van der Waals surface area contributed by atoms with Crippen molar-refractivity contribution in [2.45, 2.75) is 45.7 Å². The van der Waals surface area contributed by atoms with Crippen LogP contribution in [0.2, 0.25) is 0 Å². The summed E-state index contributed by atoms with van der Waals surface area (Å²) in [6, 6.07) is 2.08. The average molecular weight is 339 g/mol. The minimum absolute atomic E-state index is 0.777. The second kappa shape index (κ2) is 6.84. The van der Waals surface area contributed by atoms with E-state index in [0.29, 0.717) is 0 Å². The van der Waals surface area contributed by atoms with E-state index in [4.69, 9.17) is 10.8 Å². The topological polar surface area (TPSA) is 88.7 Å². The highest BCUT2D eigenvalue weighted by molar-refractivity contribution is 5.88. The van der Waals surface area contributed by atoms with Crippen LogP contribution >= 0.6 is 0 Å². The summed E-state index contributed by atoms with van der Waals surface area (Å²) in [5, 5.41) is 13.0. The van der Waals surface area contributed by atoms with Crippen LogP contribution in [0, 0.1) is 6.92 Å². The molecule has 1 aliphatic heterocycles. The molecule has 1 aliphatic rings. The van der Waals surface area contributed by atoms with E-state index in [-0.39, 0.29) is 0 Å². The first-order chi connectivity index (χ1) is 12.3. The monoisotopic (exact) mass is 339 g/mol. The third-order valence-corrected chi connectivity index (χ3v) is 5.08. The number of hydrogen-bond acceptors (Lipinski definition) is 5. The van der Waals surface area contributed by atoms with Gasteiger partial charge < -0.3 is 10.6 Å². The molecule has 3 N–H and O–H groups in total. The van der Waals surface area contributed by atoms with Crippen LogP contribution in [0.3, 0.4) is 0 Å². The molecular weight excluding hydrogens is 314 g/mol. The third kappa shape index (κ3) is 3.00. The van der Waals surface area contributed by atoms with E-state index in [2.05, 4.69) is 37.8 Å². The fourth-order valence-corrected chi connectivity index (χ4v) is 3.75. The molecule has 0 unspecified atom stereocenters. The first-order valence-electron chi connectivity index (χ1n) is 9.06. The van der Waals surface area contributed by atoms with E-state index in [1.807, 2.05) is 12.4 Å². The molecule has 0 saturated carbocycles. The van der Waals surface area contributed by atoms with Gasteiger partial charge in [0.05, 0.1) is 23.0 Å². The van der Waals surface area contributed by atoms with Crippen LogP contribution in [0.4, 0.5) is 5.69 Å². The van der Waals surface area contributed by atoms with Gasteiger partial charge in [-0.2, -0.15) is 10.2 Å². The lowest BCUT2D eigenvalue weighted by Gasteiger charge is -2.30. The molecule has 7 heteroatoms. The minimum atomic E-state index is 0.777. The lowest BCUT2D eigenvalue weighted by molar-refractivity contribution is 0.520. The smallest absolute Gasteiger partial charge is 0.157 e. The van der Waals surface area contributed by atoms with Gasteiger partial charge >= 0.3 is 0 Å².